The van der Waals surface area contributed by atoms with Crippen molar-refractivity contribution in [3.63, 3.8) is 0 Å². The summed E-state index contributed by atoms with van der Waals surface area (Å²) in [5.74, 6) is -0.845. The van der Waals surface area contributed by atoms with Gasteiger partial charge in [0.15, 0.2) is 0 Å². The number of nitrogens with one attached hydrogen (secondary N) is 2. The summed E-state index contributed by atoms with van der Waals surface area (Å²) in [5, 5.41) is 5.62. The van der Waals surface area contributed by atoms with Gasteiger partial charge in [0.05, 0.1) is 13.2 Å². The quantitative estimate of drug-likeness (QED) is 0.385. The lowest BCUT2D eigenvalue weighted by Gasteiger charge is -2.15. The first-order valence-electron chi connectivity index (χ1n) is 7.50. The summed E-state index contributed by atoms with van der Waals surface area (Å²) < 4.78 is 10.4. The van der Waals surface area contributed by atoms with Crippen LogP contribution in [0.3, 0.4) is 0 Å². The first-order valence-corrected chi connectivity index (χ1v) is 7.50. The van der Waals surface area contributed by atoms with Crippen molar-refractivity contribution in [3.8, 4) is 0 Å². The Morgan fingerprint density at radius 1 is 1.14 bits per heavy atom. The van der Waals surface area contributed by atoms with E-state index in [4.69, 9.17) is 15.2 Å². The van der Waals surface area contributed by atoms with Crippen molar-refractivity contribution in [1.29, 1.82) is 0 Å². The molecule has 0 radical (unpaired) electrons. The first-order chi connectivity index (χ1) is 10.1. The lowest BCUT2D eigenvalue weighted by Crippen LogP contribution is -2.45. The van der Waals surface area contributed by atoms with Gasteiger partial charge in [0.2, 0.25) is 11.8 Å². The summed E-state index contributed by atoms with van der Waals surface area (Å²) >= 11 is 0. The fourth-order valence-electron chi connectivity index (χ4n) is 1.70. The van der Waals surface area contributed by atoms with Crippen molar-refractivity contribution in [2.45, 2.75) is 38.6 Å². The third-order valence-corrected chi connectivity index (χ3v) is 2.80. The number of hydrogen-bond acceptors (Lipinski definition) is 5. The lowest BCUT2D eigenvalue weighted by atomic mass is 10.1. The van der Waals surface area contributed by atoms with E-state index in [1.165, 1.54) is 0 Å². The highest BCUT2D eigenvalue weighted by molar-refractivity contribution is 5.86. The van der Waals surface area contributed by atoms with Crippen molar-refractivity contribution in [2.75, 3.05) is 40.0 Å². The maximum absolute atomic E-state index is 11.6. The zero-order valence-corrected chi connectivity index (χ0v) is 13.2. The number of nitrogens with two attached hydrogens (primary N) is 1. The van der Waals surface area contributed by atoms with Crippen molar-refractivity contribution < 1.29 is 19.1 Å². The Labute approximate surface area is 126 Å². The molecule has 4 N–H and O–H groups in total. The number of ether oxygens (including phenoxy) is 2. The molecule has 0 saturated carbocycles. The summed E-state index contributed by atoms with van der Waals surface area (Å²) in [6.07, 6.45) is 3.25. The minimum Gasteiger partial charge on any atom is -0.379 e. The van der Waals surface area contributed by atoms with Crippen LogP contribution in [0.15, 0.2) is 0 Å². The Bertz CT molecular complexity index is 287. The van der Waals surface area contributed by atoms with Gasteiger partial charge in [-0.2, -0.15) is 0 Å². The predicted octanol–water partition coefficient (Wildman–Crippen LogP) is -0.211. The van der Waals surface area contributed by atoms with Crippen LogP contribution >= 0.6 is 0 Å². The monoisotopic (exact) mass is 303 g/mol. The van der Waals surface area contributed by atoms with E-state index in [1.807, 2.05) is 14.0 Å². The second-order valence-electron chi connectivity index (χ2n) is 4.79. The van der Waals surface area contributed by atoms with Crippen LogP contribution < -0.4 is 16.4 Å². The molecule has 1 atom stereocenters. The molecule has 0 aliphatic carbocycles. The SMILES string of the molecule is CCCOCCOCC(=O)N[C@@H](CCCCNC)C(N)=O. The van der Waals surface area contributed by atoms with Crippen LogP contribution in [0.4, 0.5) is 0 Å². The summed E-state index contributed by atoms with van der Waals surface area (Å²) in [7, 11) is 1.87. The van der Waals surface area contributed by atoms with Crippen LogP contribution in [0.1, 0.15) is 32.6 Å². The van der Waals surface area contributed by atoms with E-state index in [0.717, 1.165) is 25.8 Å². The maximum atomic E-state index is 11.6. The second kappa shape index (κ2) is 13.8. The molecule has 0 spiro atoms. The van der Waals surface area contributed by atoms with E-state index in [9.17, 15) is 9.59 Å². The van der Waals surface area contributed by atoms with Crippen molar-refractivity contribution >= 4 is 11.8 Å². The molecule has 0 unspecified atom stereocenters. The molecule has 0 aromatic heterocycles. The molecule has 21 heavy (non-hydrogen) atoms. The molecule has 0 aromatic rings. The number of unbranched alkanes of at least 4 members (excludes halogenated alkanes) is 1. The largest absolute Gasteiger partial charge is 0.379 e. The van der Waals surface area contributed by atoms with E-state index in [-0.39, 0.29) is 12.5 Å². The number of hydrogen-bond donors (Lipinski definition) is 3. The summed E-state index contributed by atoms with van der Waals surface area (Å²) in [6.45, 7) is 4.32. The average Bonchev–Trinajstić information content (AvgIpc) is 2.45. The lowest BCUT2D eigenvalue weighted by molar-refractivity contribution is -0.130. The molecule has 2 amide bonds. The molecule has 0 heterocycles. The minimum atomic E-state index is -0.630. The molecule has 0 aromatic carbocycles. The van der Waals surface area contributed by atoms with Gasteiger partial charge in [-0.3, -0.25) is 9.59 Å². The molecule has 7 heteroatoms. The molecular weight excluding hydrogens is 274 g/mol. The van der Waals surface area contributed by atoms with E-state index in [2.05, 4.69) is 10.6 Å². The highest BCUT2D eigenvalue weighted by Gasteiger charge is 2.17. The standard InChI is InChI=1S/C14H29N3O4/c1-3-8-20-9-10-21-11-13(18)17-12(14(15)19)6-4-5-7-16-2/h12,16H,3-11H2,1-2H3,(H2,15,19)(H,17,18)/t12-/m0/s1. The smallest absolute Gasteiger partial charge is 0.246 e. The van der Waals surface area contributed by atoms with E-state index >= 15 is 0 Å². The van der Waals surface area contributed by atoms with Crippen molar-refractivity contribution in [3.05, 3.63) is 0 Å². The number of carbonyl (C=O) groups is 2. The van der Waals surface area contributed by atoms with E-state index < -0.39 is 11.9 Å². The van der Waals surface area contributed by atoms with Crippen LogP contribution in [0, 0.1) is 0 Å². The first kappa shape index (κ1) is 19.8. The third-order valence-electron chi connectivity index (χ3n) is 2.80. The molecule has 0 aliphatic heterocycles. The van der Waals surface area contributed by atoms with Gasteiger partial charge in [-0.1, -0.05) is 6.92 Å². The van der Waals surface area contributed by atoms with E-state index in [1.54, 1.807) is 0 Å². The average molecular weight is 303 g/mol. The van der Waals surface area contributed by atoms with Gasteiger partial charge < -0.3 is 25.8 Å². The van der Waals surface area contributed by atoms with Gasteiger partial charge in [-0.15, -0.1) is 0 Å². The summed E-state index contributed by atoms with van der Waals surface area (Å²) in [6, 6.07) is -0.630. The fourth-order valence-corrected chi connectivity index (χ4v) is 1.70. The van der Waals surface area contributed by atoms with Crippen LogP contribution in [-0.2, 0) is 19.1 Å². The molecule has 0 fully saturated rings. The number of rotatable bonds is 14. The predicted molar refractivity (Wildman–Crippen MR) is 80.8 cm³/mol. The van der Waals surface area contributed by atoms with Crippen molar-refractivity contribution in [1.82, 2.24) is 10.6 Å². The molecule has 0 rings (SSSR count). The van der Waals surface area contributed by atoms with Crippen LogP contribution in [-0.4, -0.2) is 57.9 Å². The topological polar surface area (TPSA) is 103 Å². The zero-order valence-electron chi connectivity index (χ0n) is 13.2. The van der Waals surface area contributed by atoms with Crippen LogP contribution in [0.5, 0.6) is 0 Å². The Balaban J connectivity index is 3.77. The third kappa shape index (κ3) is 12.3. The highest BCUT2D eigenvalue weighted by Crippen LogP contribution is 2.00. The number of amides is 2. The van der Waals surface area contributed by atoms with Crippen LogP contribution in [0.2, 0.25) is 0 Å². The minimum absolute atomic E-state index is 0.0875. The number of carbonyl (C=O) groups excluding carboxylic acids is 2. The number of primary amides is 1. The molecule has 124 valence electrons. The van der Waals surface area contributed by atoms with Gasteiger partial charge in [0.25, 0.3) is 0 Å². The molecule has 0 aliphatic rings. The van der Waals surface area contributed by atoms with Gasteiger partial charge in [0, 0.05) is 6.61 Å². The van der Waals surface area contributed by atoms with Crippen LogP contribution in [0.25, 0.3) is 0 Å². The molecule has 0 saturated heterocycles. The van der Waals surface area contributed by atoms with Gasteiger partial charge in [0.1, 0.15) is 12.6 Å². The molecule has 0 bridgehead atoms. The van der Waals surface area contributed by atoms with Gasteiger partial charge in [-0.25, -0.2) is 0 Å². The molecule has 7 nitrogen and oxygen atoms in total. The Morgan fingerprint density at radius 2 is 1.86 bits per heavy atom. The fraction of sp³-hybridized carbons (Fsp3) is 0.857. The summed E-state index contributed by atoms with van der Waals surface area (Å²) in [4.78, 5) is 22.9. The second-order valence-corrected chi connectivity index (χ2v) is 4.79. The Hall–Kier alpha value is -1.18. The zero-order chi connectivity index (χ0) is 15.9. The Kier molecular flexibility index (Phi) is 13.0. The van der Waals surface area contributed by atoms with Gasteiger partial charge >= 0.3 is 0 Å². The van der Waals surface area contributed by atoms with Crippen molar-refractivity contribution in [2.24, 2.45) is 5.73 Å². The maximum Gasteiger partial charge on any atom is 0.246 e. The highest BCUT2D eigenvalue weighted by atomic mass is 16.5. The Morgan fingerprint density at radius 3 is 2.48 bits per heavy atom. The van der Waals surface area contributed by atoms with Gasteiger partial charge in [-0.05, 0) is 39.3 Å². The molecular formula is C14H29N3O4. The normalized spacial score (nSPS) is 12.1. The van der Waals surface area contributed by atoms with E-state index in [0.29, 0.717) is 26.2 Å². The summed E-state index contributed by atoms with van der Waals surface area (Å²) in [5.41, 5.74) is 5.28.